The number of ether oxygens (including phenoxy) is 1. The van der Waals surface area contributed by atoms with Crippen molar-refractivity contribution >= 4 is 40.7 Å². The van der Waals surface area contributed by atoms with E-state index in [1.807, 2.05) is 37.3 Å². The Balaban J connectivity index is 1.62. The van der Waals surface area contributed by atoms with E-state index in [1.165, 1.54) is 0 Å². The third-order valence-electron chi connectivity index (χ3n) is 5.63. The number of benzene rings is 2. The molecule has 0 aliphatic carbocycles. The van der Waals surface area contributed by atoms with Crippen molar-refractivity contribution in [2.24, 2.45) is 0 Å². The molecule has 1 atom stereocenters. The quantitative estimate of drug-likeness (QED) is 0.366. The second-order valence-corrected chi connectivity index (χ2v) is 8.65. The third kappa shape index (κ3) is 4.34. The first kappa shape index (κ1) is 22.9. The number of anilines is 2. The zero-order valence-electron chi connectivity index (χ0n) is 18.8. The number of methoxy groups -OCH3 is 1. The van der Waals surface area contributed by atoms with Gasteiger partial charge in [0.1, 0.15) is 11.8 Å². The fraction of sp³-hybridized carbons (Fsp3) is 0.120. The largest absolute Gasteiger partial charge is 0.495 e. The summed E-state index contributed by atoms with van der Waals surface area (Å²) in [5.41, 5.74) is 3.11. The minimum Gasteiger partial charge on any atom is -0.495 e. The van der Waals surface area contributed by atoms with E-state index >= 15 is 0 Å². The highest BCUT2D eigenvalue weighted by atomic mass is 35.5. The van der Waals surface area contributed by atoms with Crippen LogP contribution in [0.2, 0.25) is 10.0 Å². The van der Waals surface area contributed by atoms with Gasteiger partial charge in [0.05, 0.1) is 28.4 Å². The van der Waals surface area contributed by atoms with Gasteiger partial charge >= 0.3 is 0 Å². The van der Waals surface area contributed by atoms with Gasteiger partial charge in [-0.15, -0.1) is 5.10 Å². The molecule has 5 rings (SSSR count). The zero-order chi connectivity index (χ0) is 24.5. The van der Waals surface area contributed by atoms with Crippen LogP contribution in [0.25, 0.3) is 11.4 Å². The number of hydrogen-bond acceptors (Lipinski definition) is 6. The Labute approximate surface area is 211 Å². The van der Waals surface area contributed by atoms with Crippen LogP contribution in [0.5, 0.6) is 5.75 Å². The number of hydrogen-bond donors (Lipinski definition) is 2. The molecular weight excluding hydrogens is 487 g/mol. The van der Waals surface area contributed by atoms with Gasteiger partial charge in [0, 0.05) is 23.7 Å². The summed E-state index contributed by atoms with van der Waals surface area (Å²) in [4.78, 5) is 22.5. The summed E-state index contributed by atoms with van der Waals surface area (Å²) in [7, 11) is 1.55. The number of aromatic nitrogens is 4. The Kier molecular flexibility index (Phi) is 6.15. The van der Waals surface area contributed by atoms with Gasteiger partial charge in [-0.2, -0.15) is 4.98 Å². The number of amides is 1. The molecule has 3 heterocycles. The maximum absolute atomic E-state index is 13.7. The van der Waals surface area contributed by atoms with E-state index in [0.717, 1.165) is 11.1 Å². The fourth-order valence-electron chi connectivity index (χ4n) is 3.99. The van der Waals surface area contributed by atoms with Gasteiger partial charge in [-0.05, 0) is 48.9 Å². The molecule has 2 aromatic carbocycles. The molecule has 1 aliphatic rings. The number of nitrogens with zero attached hydrogens (tertiary/aromatic N) is 4. The lowest BCUT2D eigenvalue weighted by Crippen LogP contribution is -2.31. The first-order valence-corrected chi connectivity index (χ1v) is 11.5. The molecule has 1 aliphatic heterocycles. The van der Waals surface area contributed by atoms with Crippen molar-refractivity contribution in [1.82, 2.24) is 19.7 Å². The lowest BCUT2D eigenvalue weighted by atomic mass is 9.95. The SMILES string of the molecule is COc1ccccc1NC(=O)C1=C(C)Nc2nc(-c3cccnc3)nn2C1c1ccc(Cl)c(Cl)c1. The smallest absolute Gasteiger partial charge is 0.255 e. The molecule has 0 spiro atoms. The van der Waals surface area contributed by atoms with Gasteiger partial charge in [0.25, 0.3) is 5.91 Å². The van der Waals surface area contributed by atoms with Crippen molar-refractivity contribution in [3.05, 3.63) is 93.9 Å². The molecular formula is C25H20Cl2N6O2. The Morgan fingerprint density at radius 3 is 2.69 bits per heavy atom. The second kappa shape index (κ2) is 9.40. The normalized spacial score (nSPS) is 14.8. The molecule has 0 fully saturated rings. The number of nitrogens with one attached hydrogen (secondary N) is 2. The van der Waals surface area contributed by atoms with Crippen molar-refractivity contribution in [1.29, 1.82) is 0 Å². The Morgan fingerprint density at radius 2 is 1.94 bits per heavy atom. The summed E-state index contributed by atoms with van der Waals surface area (Å²) in [5, 5.41) is 11.7. The highest BCUT2D eigenvalue weighted by Crippen LogP contribution is 2.39. The molecule has 2 aromatic heterocycles. The number of pyridine rings is 1. The lowest BCUT2D eigenvalue weighted by Gasteiger charge is -2.29. The van der Waals surface area contributed by atoms with Crippen LogP contribution in [0.4, 0.5) is 11.6 Å². The Hall–Kier alpha value is -3.88. The monoisotopic (exact) mass is 506 g/mol. The second-order valence-electron chi connectivity index (χ2n) is 7.84. The van der Waals surface area contributed by atoms with Gasteiger partial charge in [-0.25, -0.2) is 4.68 Å². The molecule has 1 amide bonds. The first-order valence-electron chi connectivity index (χ1n) is 10.7. The van der Waals surface area contributed by atoms with E-state index in [-0.39, 0.29) is 5.91 Å². The van der Waals surface area contributed by atoms with Crippen molar-refractivity contribution in [2.75, 3.05) is 17.7 Å². The number of fused-ring (bicyclic) bond motifs is 1. The summed E-state index contributed by atoms with van der Waals surface area (Å²) >= 11 is 12.5. The van der Waals surface area contributed by atoms with Crippen LogP contribution in [-0.2, 0) is 4.79 Å². The molecule has 35 heavy (non-hydrogen) atoms. The van der Waals surface area contributed by atoms with E-state index in [0.29, 0.717) is 44.5 Å². The summed E-state index contributed by atoms with van der Waals surface area (Å²) in [6, 6.07) is 15.5. The van der Waals surface area contributed by atoms with Gasteiger partial charge < -0.3 is 15.4 Å². The van der Waals surface area contributed by atoms with Crippen molar-refractivity contribution in [3.8, 4) is 17.1 Å². The molecule has 10 heteroatoms. The molecule has 176 valence electrons. The summed E-state index contributed by atoms with van der Waals surface area (Å²) < 4.78 is 7.07. The van der Waals surface area contributed by atoms with E-state index < -0.39 is 6.04 Å². The average Bonchev–Trinajstić information content (AvgIpc) is 3.29. The molecule has 4 aromatic rings. The van der Waals surface area contributed by atoms with Crippen LogP contribution >= 0.6 is 23.2 Å². The number of carbonyl (C=O) groups excluding carboxylic acids is 1. The van der Waals surface area contributed by atoms with Crippen LogP contribution in [0, 0.1) is 0 Å². The van der Waals surface area contributed by atoms with Gasteiger partial charge in [-0.1, -0.05) is 41.4 Å². The van der Waals surface area contributed by atoms with Gasteiger partial charge in [0.15, 0.2) is 5.82 Å². The Bertz CT molecular complexity index is 1450. The summed E-state index contributed by atoms with van der Waals surface area (Å²) in [6.07, 6.45) is 3.37. The first-order chi connectivity index (χ1) is 17.0. The van der Waals surface area contributed by atoms with Crippen LogP contribution in [-0.4, -0.2) is 32.8 Å². The molecule has 8 nitrogen and oxygen atoms in total. The molecule has 1 unspecified atom stereocenters. The number of allylic oxidation sites excluding steroid dienone is 1. The van der Waals surface area contributed by atoms with E-state index in [2.05, 4.69) is 20.6 Å². The fourth-order valence-corrected chi connectivity index (χ4v) is 4.30. The number of carbonyl (C=O) groups is 1. The highest BCUT2D eigenvalue weighted by molar-refractivity contribution is 6.42. The van der Waals surface area contributed by atoms with Crippen LogP contribution in [0.15, 0.2) is 78.3 Å². The zero-order valence-corrected chi connectivity index (χ0v) is 20.3. The number of halogens is 2. The predicted octanol–water partition coefficient (Wildman–Crippen LogP) is 5.58. The van der Waals surface area contributed by atoms with Gasteiger partial charge in [-0.3, -0.25) is 9.78 Å². The maximum Gasteiger partial charge on any atom is 0.255 e. The lowest BCUT2D eigenvalue weighted by molar-refractivity contribution is -0.113. The number of rotatable bonds is 5. The molecule has 2 N–H and O–H groups in total. The topological polar surface area (TPSA) is 94.0 Å². The predicted molar refractivity (Wildman–Crippen MR) is 136 cm³/mol. The molecule has 0 saturated heterocycles. The summed E-state index contributed by atoms with van der Waals surface area (Å²) in [6.45, 7) is 1.82. The van der Waals surface area contributed by atoms with Crippen molar-refractivity contribution in [2.45, 2.75) is 13.0 Å². The highest BCUT2D eigenvalue weighted by Gasteiger charge is 2.35. The van der Waals surface area contributed by atoms with Crippen LogP contribution in [0.1, 0.15) is 18.5 Å². The molecule has 0 bridgehead atoms. The van der Waals surface area contributed by atoms with Crippen LogP contribution < -0.4 is 15.4 Å². The number of para-hydroxylation sites is 2. The molecule has 0 radical (unpaired) electrons. The third-order valence-corrected chi connectivity index (χ3v) is 6.37. The maximum atomic E-state index is 13.7. The minimum atomic E-state index is -0.617. The van der Waals surface area contributed by atoms with Crippen LogP contribution in [0.3, 0.4) is 0 Å². The molecule has 0 saturated carbocycles. The van der Waals surface area contributed by atoms with E-state index in [4.69, 9.17) is 33.0 Å². The Morgan fingerprint density at radius 1 is 1.11 bits per heavy atom. The van der Waals surface area contributed by atoms with Gasteiger partial charge in [0.2, 0.25) is 5.95 Å². The van der Waals surface area contributed by atoms with E-state index in [1.54, 1.807) is 48.5 Å². The van der Waals surface area contributed by atoms with Crippen molar-refractivity contribution in [3.63, 3.8) is 0 Å². The minimum absolute atomic E-state index is 0.320. The summed E-state index contributed by atoms with van der Waals surface area (Å²) in [5.74, 6) is 1.20. The standard InChI is InChI=1S/C25H20Cl2N6O2/c1-14-21(24(34)30-19-7-3-4-8-20(19)35-2)22(15-9-10-17(26)18(27)12-15)33-25(29-14)31-23(32-33)16-6-5-11-28-13-16/h3-13,22H,1-2H3,(H,30,34)(H,29,31,32). The average molecular weight is 507 g/mol. The van der Waals surface area contributed by atoms with E-state index in [9.17, 15) is 4.79 Å². The van der Waals surface area contributed by atoms with Crippen molar-refractivity contribution < 1.29 is 9.53 Å².